The fourth-order valence-corrected chi connectivity index (χ4v) is 8.84. The van der Waals surface area contributed by atoms with Crippen LogP contribution in [-0.4, -0.2) is 71.5 Å². The Bertz CT molecular complexity index is 774. The van der Waals surface area contributed by atoms with Crippen molar-refractivity contribution in [3.05, 3.63) is 12.7 Å². The monoisotopic (exact) mass is 493 g/mol. The molecule has 0 aromatic carbocycles. The fourth-order valence-electron chi connectivity index (χ4n) is 8.07. The molecule has 0 radical (unpaired) electrons. The van der Waals surface area contributed by atoms with Crippen molar-refractivity contribution in [1.29, 1.82) is 0 Å². The molecule has 0 amide bonds. The molecule has 1 heterocycles. The normalized spacial score (nSPS) is 47.4. The Hall–Kier alpha value is -0.560. The van der Waals surface area contributed by atoms with Crippen molar-refractivity contribution in [3.8, 4) is 0 Å². The van der Waals surface area contributed by atoms with Crippen molar-refractivity contribution in [3.63, 3.8) is 0 Å². The summed E-state index contributed by atoms with van der Waals surface area (Å²) in [4.78, 5) is 15.5. The van der Waals surface area contributed by atoms with Crippen LogP contribution in [0.2, 0.25) is 0 Å². The van der Waals surface area contributed by atoms with Crippen molar-refractivity contribution in [2.75, 3.05) is 31.1 Å². The minimum absolute atomic E-state index is 0.0438. The number of fused-ring (bicyclic) bond motifs is 1. The SMILES string of the molecule is C=C[C@]1(C)C[C@@H](OC(=O)CSCCN(CC)CC)[C@]2(C)C(C)CC[C@]3(C[C@H]4O[C@H]4C32)[C@@H](C)[C@@H]1O. The molecule has 0 spiro atoms. The van der Waals surface area contributed by atoms with Crippen molar-refractivity contribution in [2.45, 2.75) is 91.6 Å². The summed E-state index contributed by atoms with van der Waals surface area (Å²) in [5.74, 6) is 2.10. The van der Waals surface area contributed by atoms with Gasteiger partial charge in [0.05, 0.1) is 24.1 Å². The molecule has 4 rings (SSSR count). The number of carbonyl (C=O) groups is 1. The number of nitrogens with zero attached hydrogens (tertiary/aromatic N) is 1. The summed E-state index contributed by atoms with van der Waals surface area (Å²) < 4.78 is 12.6. The first-order chi connectivity index (χ1) is 16.1. The summed E-state index contributed by atoms with van der Waals surface area (Å²) in [6.07, 6.45) is 5.59. The van der Waals surface area contributed by atoms with Gasteiger partial charge in [-0.2, -0.15) is 0 Å². The van der Waals surface area contributed by atoms with Crippen LogP contribution < -0.4 is 0 Å². The zero-order valence-corrected chi connectivity index (χ0v) is 23.0. The third-order valence-electron chi connectivity index (χ3n) is 10.7. The van der Waals surface area contributed by atoms with Crippen LogP contribution in [0.25, 0.3) is 0 Å². The Labute approximate surface area is 211 Å². The fraction of sp³-hybridized carbons (Fsp3) is 0.893. The minimum atomic E-state index is -0.507. The van der Waals surface area contributed by atoms with Crippen molar-refractivity contribution >= 4 is 17.7 Å². The highest BCUT2D eigenvalue weighted by atomic mass is 32.2. The highest BCUT2D eigenvalue weighted by Crippen LogP contribution is 2.73. The number of carbonyl (C=O) groups excluding carboxylic acids is 1. The van der Waals surface area contributed by atoms with Gasteiger partial charge in [0.1, 0.15) is 6.10 Å². The molecular weight excluding hydrogens is 446 g/mol. The number of thioether (sulfide) groups is 1. The molecule has 4 fully saturated rings. The molecule has 6 heteroatoms. The van der Waals surface area contributed by atoms with Gasteiger partial charge in [-0.1, -0.05) is 47.6 Å². The highest BCUT2D eigenvalue weighted by molar-refractivity contribution is 7.99. The number of rotatable bonds is 9. The summed E-state index contributed by atoms with van der Waals surface area (Å²) in [6.45, 7) is 20.6. The van der Waals surface area contributed by atoms with Gasteiger partial charge in [0.2, 0.25) is 0 Å². The van der Waals surface area contributed by atoms with E-state index in [1.165, 1.54) is 0 Å². The summed E-state index contributed by atoms with van der Waals surface area (Å²) >= 11 is 1.66. The molecular formula is C28H47NO4S. The molecule has 3 saturated carbocycles. The lowest BCUT2D eigenvalue weighted by Crippen LogP contribution is -2.63. The van der Waals surface area contributed by atoms with Gasteiger partial charge >= 0.3 is 5.97 Å². The first-order valence-corrected chi connectivity index (χ1v) is 14.7. The van der Waals surface area contributed by atoms with Gasteiger partial charge in [0.15, 0.2) is 0 Å². The van der Waals surface area contributed by atoms with Crippen molar-refractivity contribution in [1.82, 2.24) is 4.90 Å². The molecule has 3 aliphatic carbocycles. The van der Waals surface area contributed by atoms with Crippen LogP contribution in [0, 0.1) is 34.0 Å². The molecule has 1 saturated heterocycles. The maximum Gasteiger partial charge on any atom is 0.316 e. The lowest BCUT2D eigenvalue weighted by molar-refractivity contribution is -0.216. The van der Waals surface area contributed by atoms with Crippen molar-refractivity contribution < 1.29 is 19.4 Å². The van der Waals surface area contributed by atoms with Crippen LogP contribution in [-0.2, 0) is 14.3 Å². The Balaban J connectivity index is 1.58. The van der Waals surface area contributed by atoms with Crippen LogP contribution >= 0.6 is 11.8 Å². The zero-order chi connectivity index (χ0) is 24.9. The number of aliphatic hydroxyl groups excluding tert-OH is 1. The molecule has 0 aromatic rings. The summed E-state index contributed by atoms with van der Waals surface area (Å²) in [5, 5.41) is 11.7. The minimum Gasteiger partial charge on any atom is -0.461 e. The topological polar surface area (TPSA) is 62.3 Å². The second-order valence-electron chi connectivity index (χ2n) is 12.1. The van der Waals surface area contributed by atoms with E-state index < -0.39 is 11.5 Å². The maximum absolute atomic E-state index is 13.2. The highest BCUT2D eigenvalue weighted by Gasteiger charge is 2.74. The molecule has 5 nitrogen and oxygen atoms in total. The van der Waals surface area contributed by atoms with E-state index in [4.69, 9.17) is 9.47 Å². The Morgan fingerprint density at radius 2 is 1.97 bits per heavy atom. The van der Waals surface area contributed by atoms with E-state index in [2.05, 4.69) is 53.0 Å². The third kappa shape index (κ3) is 4.18. The quantitative estimate of drug-likeness (QED) is 0.216. The van der Waals surface area contributed by atoms with E-state index in [-0.39, 0.29) is 34.9 Å². The van der Waals surface area contributed by atoms with Gasteiger partial charge in [-0.25, -0.2) is 0 Å². The number of ether oxygens (including phenoxy) is 2. The average Bonchev–Trinajstić information content (AvgIpc) is 3.49. The van der Waals surface area contributed by atoms with E-state index >= 15 is 0 Å². The first kappa shape index (κ1) is 26.5. The van der Waals surface area contributed by atoms with Gasteiger partial charge in [-0.3, -0.25) is 4.79 Å². The molecule has 2 unspecified atom stereocenters. The molecule has 1 aliphatic heterocycles. The summed E-state index contributed by atoms with van der Waals surface area (Å²) in [7, 11) is 0. The van der Waals surface area contributed by atoms with Gasteiger partial charge < -0.3 is 19.5 Å². The molecule has 194 valence electrons. The van der Waals surface area contributed by atoms with Gasteiger partial charge in [-0.15, -0.1) is 18.3 Å². The van der Waals surface area contributed by atoms with E-state index in [9.17, 15) is 9.90 Å². The van der Waals surface area contributed by atoms with Crippen LogP contribution in [0.4, 0.5) is 0 Å². The van der Waals surface area contributed by atoms with E-state index in [0.29, 0.717) is 30.1 Å². The Morgan fingerprint density at radius 1 is 1.26 bits per heavy atom. The van der Waals surface area contributed by atoms with Gasteiger partial charge in [-0.05, 0) is 56.0 Å². The van der Waals surface area contributed by atoms with Crippen LogP contribution in [0.3, 0.4) is 0 Å². The predicted octanol–water partition coefficient (Wildman–Crippen LogP) is 4.78. The van der Waals surface area contributed by atoms with E-state index in [0.717, 1.165) is 44.6 Å². The lowest BCUT2D eigenvalue weighted by atomic mass is 9.43. The van der Waals surface area contributed by atoms with Gasteiger partial charge in [0.25, 0.3) is 0 Å². The third-order valence-corrected chi connectivity index (χ3v) is 11.6. The van der Waals surface area contributed by atoms with E-state index in [1.54, 1.807) is 11.8 Å². The molecule has 1 N–H and O–H groups in total. The molecule has 0 aromatic heterocycles. The second kappa shape index (κ2) is 9.72. The van der Waals surface area contributed by atoms with Crippen LogP contribution in [0.1, 0.15) is 67.2 Å². The smallest absolute Gasteiger partial charge is 0.316 e. The molecule has 4 aliphatic rings. The lowest BCUT2D eigenvalue weighted by Gasteiger charge is -2.63. The predicted molar refractivity (Wildman–Crippen MR) is 139 cm³/mol. The summed E-state index contributed by atoms with van der Waals surface area (Å²) in [6, 6.07) is 0. The summed E-state index contributed by atoms with van der Waals surface area (Å²) in [5.41, 5.74) is -0.624. The van der Waals surface area contributed by atoms with Crippen LogP contribution in [0.5, 0.6) is 0 Å². The zero-order valence-electron chi connectivity index (χ0n) is 22.2. The average molecular weight is 494 g/mol. The van der Waals surface area contributed by atoms with Gasteiger partial charge in [0, 0.05) is 29.0 Å². The molecule has 34 heavy (non-hydrogen) atoms. The standard InChI is InChI=1S/C28H47NO4S/c1-8-26(6)16-21(33-22(30)17-34-14-13-29(9-2)10-3)27(7)18(4)11-12-28(19(5)25(26)31)15-20-23(32-20)24(27)28/h8,18-21,23-25,31H,1,9-17H2,2-7H3/t18?,19-,20+,21+,23+,24?,25-,26+,27-,28-/m0/s1. The molecule has 10 atom stereocenters. The number of aliphatic hydroxyl groups is 1. The number of esters is 1. The Morgan fingerprint density at radius 3 is 2.62 bits per heavy atom. The second-order valence-corrected chi connectivity index (χ2v) is 13.2. The molecule has 2 bridgehead atoms. The van der Waals surface area contributed by atoms with E-state index in [1.807, 2.05) is 6.08 Å². The number of epoxide rings is 1. The first-order valence-electron chi connectivity index (χ1n) is 13.5. The number of hydrogen-bond acceptors (Lipinski definition) is 6. The Kier molecular flexibility index (Phi) is 7.58. The largest absolute Gasteiger partial charge is 0.461 e. The maximum atomic E-state index is 13.2. The number of hydrogen-bond donors (Lipinski definition) is 1. The van der Waals surface area contributed by atoms with Crippen molar-refractivity contribution in [2.24, 2.45) is 34.0 Å². The van der Waals surface area contributed by atoms with Crippen LogP contribution in [0.15, 0.2) is 12.7 Å².